The summed E-state index contributed by atoms with van der Waals surface area (Å²) < 4.78 is 6.25. The Hall–Kier alpha value is -2.58. The van der Waals surface area contributed by atoms with Crippen molar-refractivity contribution in [3.8, 4) is 0 Å². The summed E-state index contributed by atoms with van der Waals surface area (Å²) in [5, 5.41) is 5.19. The Labute approximate surface area is 161 Å². The number of carbonyl (C=O) groups excluding carboxylic acids is 1. The normalized spacial score (nSPS) is 16.8. The van der Waals surface area contributed by atoms with E-state index in [1.807, 2.05) is 43.5 Å². The third-order valence-electron chi connectivity index (χ3n) is 4.81. The summed E-state index contributed by atoms with van der Waals surface area (Å²) in [5.74, 6) is 0.338. The molecular weight excluding hydrogens is 362 g/mol. The first-order valence-corrected chi connectivity index (χ1v) is 9.64. The maximum atomic E-state index is 13.0. The number of nitrogens with one attached hydrogen (secondary N) is 1. The maximum Gasteiger partial charge on any atom is 0.274 e. The van der Waals surface area contributed by atoms with E-state index in [9.17, 15) is 4.79 Å². The minimum Gasteiger partial charge on any atom is -0.375 e. The Bertz CT molecular complexity index is 969. The quantitative estimate of drug-likeness (QED) is 0.729. The molecule has 1 aliphatic rings. The second-order valence-electron chi connectivity index (χ2n) is 6.97. The van der Waals surface area contributed by atoms with Gasteiger partial charge in [-0.15, -0.1) is 11.3 Å². The van der Waals surface area contributed by atoms with Gasteiger partial charge in [0.05, 0.1) is 35.0 Å². The lowest BCUT2D eigenvalue weighted by molar-refractivity contribution is -0.0948. The van der Waals surface area contributed by atoms with Gasteiger partial charge in [0.1, 0.15) is 5.60 Å². The number of amides is 1. The number of hydrogen-bond donors (Lipinski definition) is 1. The summed E-state index contributed by atoms with van der Waals surface area (Å²) in [5.41, 5.74) is 1.82. The average molecular weight is 383 g/mol. The van der Waals surface area contributed by atoms with Crippen LogP contribution in [-0.2, 0) is 4.74 Å². The number of ether oxygens (including phenoxy) is 1. The van der Waals surface area contributed by atoms with Gasteiger partial charge < -0.3 is 15.0 Å². The molecule has 1 fully saturated rings. The van der Waals surface area contributed by atoms with Crippen molar-refractivity contribution in [1.82, 2.24) is 19.9 Å². The molecule has 0 saturated carbocycles. The van der Waals surface area contributed by atoms with E-state index >= 15 is 0 Å². The fourth-order valence-corrected chi connectivity index (χ4v) is 3.97. The minimum atomic E-state index is -0.272. The first-order valence-electron chi connectivity index (χ1n) is 8.76. The number of anilines is 1. The SMILES string of the molecule is COC1(C)CN(C(=O)c2nc(NC(C)c3ccccn3)nc3ccsc23)C1. The van der Waals surface area contributed by atoms with E-state index in [0.717, 1.165) is 15.9 Å². The standard InChI is InChI=1S/C19H21N5O2S/c1-12(13-6-4-5-8-20-13)21-18-22-14-7-9-27-16(14)15(23-18)17(25)24-10-19(2,11-24)26-3/h4-9,12H,10-11H2,1-3H3,(H,21,22,23). The van der Waals surface area contributed by atoms with Crippen LogP contribution >= 0.6 is 11.3 Å². The number of thiophene rings is 1. The Morgan fingerprint density at radius 1 is 1.33 bits per heavy atom. The highest BCUT2D eigenvalue weighted by Crippen LogP contribution is 2.30. The molecule has 3 aromatic rings. The number of aromatic nitrogens is 3. The second-order valence-corrected chi connectivity index (χ2v) is 7.88. The number of rotatable bonds is 5. The van der Waals surface area contributed by atoms with E-state index in [4.69, 9.17) is 4.74 Å². The summed E-state index contributed by atoms with van der Waals surface area (Å²) in [4.78, 5) is 28.2. The molecular formula is C19H21N5O2S. The van der Waals surface area contributed by atoms with Crippen molar-refractivity contribution in [1.29, 1.82) is 0 Å². The van der Waals surface area contributed by atoms with Crippen LogP contribution in [0.25, 0.3) is 10.2 Å². The highest BCUT2D eigenvalue weighted by molar-refractivity contribution is 7.17. The molecule has 0 aromatic carbocycles. The number of nitrogens with zero attached hydrogens (tertiary/aromatic N) is 4. The topological polar surface area (TPSA) is 80.2 Å². The summed E-state index contributed by atoms with van der Waals surface area (Å²) in [6, 6.07) is 7.59. The molecule has 1 aliphatic heterocycles. The fourth-order valence-electron chi connectivity index (χ4n) is 3.16. The van der Waals surface area contributed by atoms with Gasteiger partial charge in [0.15, 0.2) is 5.69 Å². The van der Waals surface area contributed by atoms with E-state index in [0.29, 0.717) is 24.7 Å². The number of carbonyl (C=O) groups is 1. The zero-order valence-corrected chi connectivity index (χ0v) is 16.3. The van der Waals surface area contributed by atoms with Gasteiger partial charge in [-0.05, 0) is 37.4 Å². The Morgan fingerprint density at radius 2 is 2.15 bits per heavy atom. The molecule has 1 unspecified atom stereocenters. The summed E-state index contributed by atoms with van der Waals surface area (Å²) in [7, 11) is 1.67. The Balaban J connectivity index is 1.61. The van der Waals surface area contributed by atoms with Crippen LogP contribution in [0.3, 0.4) is 0 Å². The predicted molar refractivity (Wildman–Crippen MR) is 105 cm³/mol. The third-order valence-corrected chi connectivity index (χ3v) is 5.72. The Kier molecular flexibility index (Phi) is 4.53. The van der Waals surface area contributed by atoms with Crippen molar-refractivity contribution in [2.24, 2.45) is 0 Å². The number of methoxy groups -OCH3 is 1. The molecule has 0 radical (unpaired) electrons. The minimum absolute atomic E-state index is 0.0778. The van der Waals surface area contributed by atoms with E-state index in [-0.39, 0.29) is 17.6 Å². The molecule has 7 nitrogen and oxygen atoms in total. The lowest BCUT2D eigenvalue weighted by Gasteiger charge is -2.46. The first kappa shape index (κ1) is 17.8. The summed E-state index contributed by atoms with van der Waals surface area (Å²) in [6.45, 7) is 5.11. The molecule has 4 rings (SSSR count). The molecule has 4 heterocycles. The Morgan fingerprint density at radius 3 is 2.85 bits per heavy atom. The van der Waals surface area contributed by atoms with Gasteiger partial charge in [-0.3, -0.25) is 9.78 Å². The number of fused-ring (bicyclic) bond motifs is 1. The molecule has 0 spiro atoms. The van der Waals surface area contributed by atoms with Crippen molar-refractivity contribution in [3.05, 3.63) is 47.2 Å². The van der Waals surface area contributed by atoms with Gasteiger partial charge in [0.2, 0.25) is 5.95 Å². The molecule has 1 saturated heterocycles. The van der Waals surface area contributed by atoms with Gasteiger partial charge in [0, 0.05) is 13.3 Å². The van der Waals surface area contributed by atoms with Crippen molar-refractivity contribution >= 4 is 33.4 Å². The van der Waals surface area contributed by atoms with Crippen LogP contribution in [0.4, 0.5) is 5.95 Å². The van der Waals surface area contributed by atoms with Crippen LogP contribution in [0, 0.1) is 0 Å². The molecule has 8 heteroatoms. The van der Waals surface area contributed by atoms with Crippen molar-refractivity contribution in [2.75, 3.05) is 25.5 Å². The van der Waals surface area contributed by atoms with Crippen LogP contribution in [0.2, 0.25) is 0 Å². The molecule has 0 aliphatic carbocycles. The molecule has 3 aromatic heterocycles. The maximum absolute atomic E-state index is 13.0. The highest BCUT2D eigenvalue weighted by atomic mass is 32.1. The van der Waals surface area contributed by atoms with Crippen molar-refractivity contribution < 1.29 is 9.53 Å². The largest absolute Gasteiger partial charge is 0.375 e. The van der Waals surface area contributed by atoms with Crippen LogP contribution in [-0.4, -0.2) is 51.6 Å². The second kappa shape index (κ2) is 6.86. The van der Waals surface area contributed by atoms with E-state index in [1.54, 1.807) is 18.2 Å². The van der Waals surface area contributed by atoms with Gasteiger partial charge in [-0.25, -0.2) is 9.97 Å². The van der Waals surface area contributed by atoms with Gasteiger partial charge in [0.25, 0.3) is 5.91 Å². The smallest absolute Gasteiger partial charge is 0.274 e. The average Bonchev–Trinajstić information content (AvgIpc) is 3.13. The highest BCUT2D eigenvalue weighted by Gasteiger charge is 2.42. The molecule has 1 atom stereocenters. The monoisotopic (exact) mass is 383 g/mol. The van der Waals surface area contributed by atoms with Crippen molar-refractivity contribution in [3.63, 3.8) is 0 Å². The molecule has 27 heavy (non-hydrogen) atoms. The van der Waals surface area contributed by atoms with Crippen molar-refractivity contribution in [2.45, 2.75) is 25.5 Å². The molecule has 1 N–H and O–H groups in total. The summed E-state index contributed by atoms with van der Waals surface area (Å²) in [6.07, 6.45) is 1.75. The number of hydrogen-bond acceptors (Lipinski definition) is 7. The lowest BCUT2D eigenvalue weighted by Crippen LogP contribution is -2.62. The zero-order valence-electron chi connectivity index (χ0n) is 15.5. The molecule has 1 amide bonds. The molecule has 0 bridgehead atoms. The third kappa shape index (κ3) is 3.38. The van der Waals surface area contributed by atoms with Gasteiger partial charge in [-0.2, -0.15) is 0 Å². The fraction of sp³-hybridized carbons (Fsp3) is 0.368. The van der Waals surface area contributed by atoms with E-state index in [2.05, 4.69) is 20.3 Å². The van der Waals surface area contributed by atoms with Crippen LogP contribution in [0.15, 0.2) is 35.8 Å². The first-order chi connectivity index (χ1) is 13.0. The molecule has 140 valence electrons. The van der Waals surface area contributed by atoms with E-state index in [1.165, 1.54) is 11.3 Å². The summed E-state index contributed by atoms with van der Waals surface area (Å²) >= 11 is 1.48. The lowest BCUT2D eigenvalue weighted by atomic mass is 9.96. The van der Waals surface area contributed by atoms with Crippen LogP contribution in [0.1, 0.15) is 36.1 Å². The van der Waals surface area contributed by atoms with E-state index < -0.39 is 0 Å². The van der Waals surface area contributed by atoms with Crippen LogP contribution < -0.4 is 5.32 Å². The zero-order chi connectivity index (χ0) is 19.0. The predicted octanol–water partition coefficient (Wildman–Crippen LogP) is 3.12. The number of likely N-dealkylation sites (tertiary alicyclic amines) is 1. The van der Waals surface area contributed by atoms with Crippen LogP contribution in [0.5, 0.6) is 0 Å². The van der Waals surface area contributed by atoms with Gasteiger partial charge in [-0.1, -0.05) is 6.07 Å². The van der Waals surface area contributed by atoms with Gasteiger partial charge >= 0.3 is 0 Å². The number of pyridine rings is 1.